The van der Waals surface area contributed by atoms with E-state index >= 15 is 0 Å². The van der Waals surface area contributed by atoms with E-state index in [-0.39, 0.29) is 17.2 Å². The second-order valence-electron chi connectivity index (χ2n) is 6.58. The number of pyridine rings is 2. The van der Waals surface area contributed by atoms with Crippen molar-refractivity contribution in [3.63, 3.8) is 0 Å². The van der Waals surface area contributed by atoms with Gasteiger partial charge in [0, 0.05) is 28.7 Å². The van der Waals surface area contributed by atoms with E-state index in [2.05, 4.69) is 15.3 Å². The third-order valence-electron chi connectivity index (χ3n) is 4.89. The molecule has 3 N–H and O–H groups in total. The number of benzene rings is 1. The van der Waals surface area contributed by atoms with Gasteiger partial charge in [-0.05, 0) is 54.7 Å². The molecule has 2 amide bonds. The van der Waals surface area contributed by atoms with E-state index in [1.54, 1.807) is 18.3 Å². The van der Waals surface area contributed by atoms with Gasteiger partial charge in [-0.3, -0.25) is 9.59 Å². The second-order valence-corrected chi connectivity index (χ2v) is 6.98. The van der Waals surface area contributed by atoms with Crippen molar-refractivity contribution < 1.29 is 9.59 Å². The van der Waals surface area contributed by atoms with Gasteiger partial charge in [0.15, 0.2) is 5.65 Å². The van der Waals surface area contributed by atoms with Crippen LogP contribution in [0.2, 0.25) is 5.02 Å². The van der Waals surface area contributed by atoms with Crippen molar-refractivity contribution in [2.45, 2.75) is 33.6 Å². The number of fused-ring (bicyclic) bond motifs is 1. The molecule has 0 aliphatic carbocycles. The van der Waals surface area contributed by atoms with Crippen LogP contribution in [0.25, 0.3) is 22.2 Å². The summed E-state index contributed by atoms with van der Waals surface area (Å²) in [5.74, 6) is -1.03. The first kappa shape index (κ1) is 20.7. The number of primary amides is 1. The number of carbonyl (C=O) groups is 2. The van der Waals surface area contributed by atoms with E-state index in [1.807, 2.05) is 32.9 Å². The van der Waals surface area contributed by atoms with Gasteiger partial charge in [-0.2, -0.15) is 0 Å². The number of nitrogens with one attached hydrogen (secondary N) is 1. The Kier molecular flexibility index (Phi) is 6.13. The van der Waals surface area contributed by atoms with Crippen LogP contribution in [0.15, 0.2) is 30.5 Å². The fourth-order valence-corrected chi connectivity index (χ4v) is 3.92. The van der Waals surface area contributed by atoms with Crippen LogP contribution in [-0.2, 0) is 12.8 Å². The lowest BCUT2D eigenvalue weighted by atomic mass is 9.86. The van der Waals surface area contributed by atoms with Crippen molar-refractivity contribution in [3.05, 3.63) is 57.9 Å². The zero-order chi connectivity index (χ0) is 21.1. The van der Waals surface area contributed by atoms with Crippen LogP contribution in [0.4, 0.5) is 0 Å². The Balaban J connectivity index is 2.58. The Morgan fingerprint density at radius 1 is 1.10 bits per heavy atom. The van der Waals surface area contributed by atoms with Crippen molar-refractivity contribution in [3.8, 4) is 11.1 Å². The van der Waals surface area contributed by atoms with Gasteiger partial charge in [0.2, 0.25) is 5.91 Å². The SMILES string of the molecule is CCNC(=O)c1nc2ncccc2c(C(N)=O)c1-c1c(CC)ccc(Cl)c1CC. The van der Waals surface area contributed by atoms with E-state index in [0.29, 0.717) is 41.0 Å². The van der Waals surface area contributed by atoms with Crippen molar-refractivity contribution in [1.29, 1.82) is 0 Å². The van der Waals surface area contributed by atoms with Gasteiger partial charge in [-0.15, -0.1) is 0 Å². The molecule has 2 aromatic heterocycles. The van der Waals surface area contributed by atoms with Gasteiger partial charge < -0.3 is 11.1 Å². The first-order chi connectivity index (χ1) is 13.9. The summed E-state index contributed by atoms with van der Waals surface area (Å²) in [6, 6.07) is 7.21. The van der Waals surface area contributed by atoms with Gasteiger partial charge in [0.1, 0.15) is 5.69 Å². The largest absolute Gasteiger partial charge is 0.366 e. The highest BCUT2D eigenvalue weighted by Crippen LogP contribution is 2.39. The van der Waals surface area contributed by atoms with E-state index in [1.165, 1.54) is 0 Å². The molecule has 0 radical (unpaired) electrons. The monoisotopic (exact) mass is 410 g/mol. The van der Waals surface area contributed by atoms with E-state index in [0.717, 1.165) is 16.7 Å². The molecule has 3 aromatic rings. The summed E-state index contributed by atoms with van der Waals surface area (Å²) in [7, 11) is 0. The Bertz CT molecular complexity index is 1110. The third-order valence-corrected chi connectivity index (χ3v) is 5.24. The second kappa shape index (κ2) is 8.57. The molecule has 29 heavy (non-hydrogen) atoms. The highest BCUT2D eigenvalue weighted by molar-refractivity contribution is 6.32. The molecule has 0 spiro atoms. The smallest absolute Gasteiger partial charge is 0.270 e. The topological polar surface area (TPSA) is 98.0 Å². The summed E-state index contributed by atoms with van der Waals surface area (Å²) >= 11 is 6.50. The summed E-state index contributed by atoms with van der Waals surface area (Å²) in [5, 5.41) is 3.86. The Hall–Kier alpha value is -2.99. The lowest BCUT2D eigenvalue weighted by Crippen LogP contribution is -2.27. The number of halogens is 1. The average molecular weight is 411 g/mol. The molecule has 0 fully saturated rings. The first-order valence-electron chi connectivity index (χ1n) is 9.61. The molecule has 0 saturated heterocycles. The van der Waals surface area contributed by atoms with E-state index < -0.39 is 5.91 Å². The molecule has 0 atom stereocenters. The number of amides is 2. The fourth-order valence-electron chi connectivity index (χ4n) is 3.63. The van der Waals surface area contributed by atoms with Gasteiger partial charge in [0.05, 0.1) is 5.56 Å². The predicted molar refractivity (Wildman–Crippen MR) is 115 cm³/mol. The standard InChI is InChI=1S/C22H23ClN4O2/c1-4-12-9-10-15(23)13(5-2)16(12)18-17(20(24)28)14-8-7-11-26-21(14)27-19(18)22(29)25-6-3/h7-11H,4-6H2,1-3H3,(H2,24,28)(H,25,29). The lowest BCUT2D eigenvalue weighted by Gasteiger charge is -2.20. The van der Waals surface area contributed by atoms with Crippen LogP contribution in [-0.4, -0.2) is 28.3 Å². The van der Waals surface area contributed by atoms with Crippen LogP contribution >= 0.6 is 11.6 Å². The Labute approximate surface area is 174 Å². The molecule has 150 valence electrons. The summed E-state index contributed by atoms with van der Waals surface area (Å²) in [5.41, 5.74) is 9.45. The molecule has 7 heteroatoms. The van der Waals surface area contributed by atoms with Crippen molar-refractivity contribution in [2.75, 3.05) is 6.54 Å². The number of aryl methyl sites for hydroxylation is 1. The number of rotatable bonds is 6. The number of hydrogen-bond donors (Lipinski definition) is 2. The highest BCUT2D eigenvalue weighted by atomic mass is 35.5. The predicted octanol–water partition coefficient (Wildman–Crippen LogP) is 3.92. The van der Waals surface area contributed by atoms with Gasteiger partial charge in [-0.25, -0.2) is 9.97 Å². The average Bonchev–Trinajstić information content (AvgIpc) is 2.72. The van der Waals surface area contributed by atoms with Crippen LogP contribution in [0.3, 0.4) is 0 Å². The van der Waals surface area contributed by atoms with Gasteiger partial charge >= 0.3 is 0 Å². The van der Waals surface area contributed by atoms with E-state index in [4.69, 9.17) is 17.3 Å². The van der Waals surface area contributed by atoms with Gasteiger partial charge in [-0.1, -0.05) is 31.5 Å². The molecule has 0 saturated carbocycles. The minimum Gasteiger partial charge on any atom is -0.366 e. The van der Waals surface area contributed by atoms with Gasteiger partial charge in [0.25, 0.3) is 5.91 Å². The molecule has 0 bridgehead atoms. The maximum atomic E-state index is 13.0. The van der Waals surface area contributed by atoms with Crippen molar-refractivity contribution in [1.82, 2.24) is 15.3 Å². The van der Waals surface area contributed by atoms with Crippen LogP contribution in [0, 0.1) is 0 Å². The molecule has 6 nitrogen and oxygen atoms in total. The molecule has 0 aliphatic heterocycles. The lowest BCUT2D eigenvalue weighted by molar-refractivity contribution is 0.0952. The Morgan fingerprint density at radius 2 is 1.86 bits per heavy atom. The molecular weight excluding hydrogens is 388 g/mol. The van der Waals surface area contributed by atoms with Crippen LogP contribution in [0.1, 0.15) is 52.7 Å². The molecule has 1 aromatic carbocycles. The number of nitrogens with zero attached hydrogens (tertiary/aromatic N) is 2. The van der Waals surface area contributed by atoms with E-state index in [9.17, 15) is 9.59 Å². The highest BCUT2D eigenvalue weighted by Gasteiger charge is 2.27. The number of carbonyl (C=O) groups excluding carboxylic acids is 2. The number of hydrogen-bond acceptors (Lipinski definition) is 4. The Morgan fingerprint density at radius 3 is 2.48 bits per heavy atom. The zero-order valence-electron chi connectivity index (χ0n) is 16.7. The summed E-state index contributed by atoms with van der Waals surface area (Å²) in [6.45, 7) is 6.23. The maximum Gasteiger partial charge on any atom is 0.270 e. The number of nitrogens with two attached hydrogens (primary N) is 1. The molecule has 3 rings (SSSR count). The summed E-state index contributed by atoms with van der Waals surface area (Å²) in [4.78, 5) is 34.3. The first-order valence-corrected chi connectivity index (χ1v) is 9.99. The molecule has 2 heterocycles. The molecule has 0 aliphatic rings. The van der Waals surface area contributed by atoms with Crippen LogP contribution < -0.4 is 11.1 Å². The fraction of sp³-hybridized carbons (Fsp3) is 0.273. The quantitative estimate of drug-likeness (QED) is 0.643. The molecule has 0 unspecified atom stereocenters. The van der Waals surface area contributed by atoms with Crippen molar-refractivity contribution >= 4 is 34.4 Å². The normalized spacial score (nSPS) is 10.9. The number of aromatic nitrogens is 2. The third kappa shape index (κ3) is 3.68. The minimum absolute atomic E-state index is 0.124. The zero-order valence-corrected chi connectivity index (χ0v) is 17.4. The summed E-state index contributed by atoms with van der Waals surface area (Å²) < 4.78 is 0. The molecular formula is C22H23ClN4O2. The maximum absolute atomic E-state index is 13.0. The summed E-state index contributed by atoms with van der Waals surface area (Å²) in [6.07, 6.45) is 2.88. The van der Waals surface area contributed by atoms with Crippen LogP contribution in [0.5, 0.6) is 0 Å². The van der Waals surface area contributed by atoms with Crippen molar-refractivity contribution in [2.24, 2.45) is 5.73 Å². The minimum atomic E-state index is -0.643.